The number of rotatable bonds is 5. The van der Waals surface area contributed by atoms with Crippen molar-refractivity contribution in [2.24, 2.45) is 11.8 Å². The Morgan fingerprint density at radius 3 is 2.71 bits per heavy atom. The monoisotopic (exact) mass is 231 g/mol. The van der Waals surface area contributed by atoms with Gasteiger partial charge in [0.1, 0.15) is 0 Å². The van der Waals surface area contributed by atoms with E-state index in [2.05, 4.69) is 43.6 Å². The highest BCUT2D eigenvalue weighted by Crippen LogP contribution is 2.33. The van der Waals surface area contributed by atoms with Gasteiger partial charge >= 0.3 is 0 Å². The van der Waals surface area contributed by atoms with Crippen LogP contribution in [0.5, 0.6) is 0 Å². The van der Waals surface area contributed by atoms with Crippen LogP contribution < -0.4 is 5.32 Å². The van der Waals surface area contributed by atoms with Crippen molar-refractivity contribution < 1.29 is 0 Å². The molecule has 1 N–H and O–H groups in total. The molecule has 1 aliphatic carbocycles. The minimum absolute atomic E-state index is 0.823. The SMILES string of the molecule is CNCC(Cc1cccc(C)c1)C1CCCC1. The summed E-state index contributed by atoms with van der Waals surface area (Å²) in [6.07, 6.45) is 7.01. The van der Waals surface area contributed by atoms with Crippen LogP contribution in [0.4, 0.5) is 0 Å². The molecule has 1 saturated carbocycles. The van der Waals surface area contributed by atoms with E-state index in [1.807, 2.05) is 0 Å². The molecule has 0 radical (unpaired) electrons. The molecule has 1 aliphatic rings. The summed E-state index contributed by atoms with van der Waals surface area (Å²) < 4.78 is 0. The summed E-state index contributed by atoms with van der Waals surface area (Å²) in [4.78, 5) is 0. The third-order valence-corrected chi connectivity index (χ3v) is 4.11. The highest BCUT2D eigenvalue weighted by Gasteiger charge is 2.24. The normalized spacial score (nSPS) is 18.5. The molecule has 1 nitrogen and oxygen atoms in total. The summed E-state index contributed by atoms with van der Waals surface area (Å²) in [6.45, 7) is 3.35. The summed E-state index contributed by atoms with van der Waals surface area (Å²) in [5.41, 5.74) is 2.90. The average molecular weight is 231 g/mol. The summed E-state index contributed by atoms with van der Waals surface area (Å²) in [5.74, 6) is 1.77. The molecule has 0 bridgehead atoms. The molecule has 0 saturated heterocycles. The lowest BCUT2D eigenvalue weighted by molar-refractivity contribution is 0.328. The molecule has 1 atom stereocenters. The minimum Gasteiger partial charge on any atom is -0.319 e. The van der Waals surface area contributed by atoms with Gasteiger partial charge in [-0.05, 0) is 44.3 Å². The van der Waals surface area contributed by atoms with Crippen LogP contribution in [0.25, 0.3) is 0 Å². The molecule has 1 aromatic carbocycles. The van der Waals surface area contributed by atoms with E-state index in [9.17, 15) is 0 Å². The van der Waals surface area contributed by atoms with Gasteiger partial charge in [-0.25, -0.2) is 0 Å². The van der Waals surface area contributed by atoms with Crippen LogP contribution in [0.3, 0.4) is 0 Å². The Hall–Kier alpha value is -0.820. The Balaban J connectivity index is 2.01. The summed E-state index contributed by atoms with van der Waals surface area (Å²) in [5, 5.41) is 3.38. The van der Waals surface area contributed by atoms with Crippen molar-refractivity contribution in [1.29, 1.82) is 0 Å². The van der Waals surface area contributed by atoms with E-state index in [1.165, 1.54) is 49.8 Å². The second kappa shape index (κ2) is 6.20. The molecule has 1 fully saturated rings. The van der Waals surface area contributed by atoms with Gasteiger partial charge < -0.3 is 5.32 Å². The topological polar surface area (TPSA) is 12.0 Å². The van der Waals surface area contributed by atoms with E-state index in [4.69, 9.17) is 0 Å². The van der Waals surface area contributed by atoms with Gasteiger partial charge in [0.05, 0.1) is 0 Å². The molecule has 0 amide bonds. The number of nitrogens with one attached hydrogen (secondary N) is 1. The fourth-order valence-electron chi connectivity index (χ4n) is 3.24. The standard InChI is InChI=1S/C16H25N/c1-13-6-5-7-14(10-13)11-16(12-17-2)15-8-3-4-9-15/h5-7,10,15-17H,3-4,8-9,11-12H2,1-2H3. The van der Waals surface area contributed by atoms with Gasteiger partial charge in [-0.3, -0.25) is 0 Å². The Kier molecular flexibility index (Phi) is 4.61. The molecule has 1 aromatic rings. The Bertz CT molecular complexity index is 339. The van der Waals surface area contributed by atoms with Crippen LogP contribution >= 0.6 is 0 Å². The van der Waals surface area contributed by atoms with Gasteiger partial charge in [0.2, 0.25) is 0 Å². The molecule has 0 aliphatic heterocycles. The molecular formula is C16H25N. The van der Waals surface area contributed by atoms with Gasteiger partial charge in [-0.2, -0.15) is 0 Å². The predicted molar refractivity (Wildman–Crippen MR) is 74.3 cm³/mol. The lowest BCUT2D eigenvalue weighted by Gasteiger charge is -2.23. The fourth-order valence-corrected chi connectivity index (χ4v) is 3.24. The zero-order valence-electron chi connectivity index (χ0n) is 11.2. The Labute approximate surface area is 106 Å². The second-order valence-electron chi connectivity index (χ2n) is 5.56. The van der Waals surface area contributed by atoms with Crippen molar-refractivity contribution in [1.82, 2.24) is 5.32 Å². The van der Waals surface area contributed by atoms with Crippen molar-refractivity contribution in [3.05, 3.63) is 35.4 Å². The molecule has 2 rings (SSSR count). The quantitative estimate of drug-likeness (QED) is 0.817. The lowest BCUT2D eigenvalue weighted by atomic mass is 9.85. The van der Waals surface area contributed by atoms with Crippen LogP contribution in [0.1, 0.15) is 36.8 Å². The van der Waals surface area contributed by atoms with E-state index in [-0.39, 0.29) is 0 Å². The molecule has 1 unspecified atom stereocenters. The zero-order chi connectivity index (χ0) is 12.1. The van der Waals surface area contributed by atoms with Gasteiger partial charge in [-0.1, -0.05) is 55.5 Å². The maximum absolute atomic E-state index is 3.38. The largest absolute Gasteiger partial charge is 0.319 e. The highest BCUT2D eigenvalue weighted by atomic mass is 14.8. The van der Waals surface area contributed by atoms with Gasteiger partial charge in [0.15, 0.2) is 0 Å². The summed E-state index contributed by atoms with van der Waals surface area (Å²) in [7, 11) is 2.08. The first-order valence-electron chi connectivity index (χ1n) is 6.99. The number of hydrogen-bond acceptors (Lipinski definition) is 1. The van der Waals surface area contributed by atoms with Crippen LogP contribution in [-0.4, -0.2) is 13.6 Å². The van der Waals surface area contributed by atoms with Gasteiger partial charge in [0, 0.05) is 0 Å². The van der Waals surface area contributed by atoms with E-state index >= 15 is 0 Å². The highest BCUT2D eigenvalue weighted by molar-refractivity contribution is 5.22. The van der Waals surface area contributed by atoms with Crippen molar-refractivity contribution in [3.63, 3.8) is 0 Å². The summed E-state index contributed by atoms with van der Waals surface area (Å²) >= 11 is 0. The van der Waals surface area contributed by atoms with E-state index in [0.717, 1.165) is 11.8 Å². The first-order valence-corrected chi connectivity index (χ1v) is 6.99. The van der Waals surface area contributed by atoms with E-state index in [0.29, 0.717) is 0 Å². The minimum atomic E-state index is 0.823. The number of benzene rings is 1. The Morgan fingerprint density at radius 2 is 2.06 bits per heavy atom. The fraction of sp³-hybridized carbons (Fsp3) is 0.625. The molecule has 1 heteroatoms. The Morgan fingerprint density at radius 1 is 1.29 bits per heavy atom. The summed E-state index contributed by atoms with van der Waals surface area (Å²) in [6, 6.07) is 9.00. The average Bonchev–Trinajstić information content (AvgIpc) is 2.82. The maximum atomic E-state index is 3.38. The first kappa shape index (κ1) is 12.6. The second-order valence-corrected chi connectivity index (χ2v) is 5.56. The van der Waals surface area contributed by atoms with Crippen molar-refractivity contribution in [2.75, 3.05) is 13.6 Å². The van der Waals surface area contributed by atoms with E-state index in [1.54, 1.807) is 0 Å². The lowest BCUT2D eigenvalue weighted by Crippen LogP contribution is -2.26. The van der Waals surface area contributed by atoms with E-state index < -0.39 is 0 Å². The number of hydrogen-bond donors (Lipinski definition) is 1. The van der Waals surface area contributed by atoms with Crippen LogP contribution in [0.15, 0.2) is 24.3 Å². The first-order chi connectivity index (χ1) is 8.29. The number of aryl methyl sites for hydroxylation is 1. The smallest absolute Gasteiger partial charge is 0.00177 e. The van der Waals surface area contributed by atoms with Gasteiger partial charge in [0.25, 0.3) is 0 Å². The van der Waals surface area contributed by atoms with Crippen molar-refractivity contribution in [2.45, 2.75) is 39.0 Å². The molecule has 0 aromatic heterocycles. The van der Waals surface area contributed by atoms with Crippen LogP contribution in [-0.2, 0) is 6.42 Å². The van der Waals surface area contributed by atoms with Crippen molar-refractivity contribution >= 4 is 0 Å². The third kappa shape index (κ3) is 3.57. The zero-order valence-corrected chi connectivity index (χ0v) is 11.2. The van der Waals surface area contributed by atoms with Crippen LogP contribution in [0.2, 0.25) is 0 Å². The molecular weight excluding hydrogens is 206 g/mol. The third-order valence-electron chi connectivity index (χ3n) is 4.11. The maximum Gasteiger partial charge on any atom is -0.00177 e. The molecule has 94 valence electrons. The molecule has 17 heavy (non-hydrogen) atoms. The van der Waals surface area contributed by atoms with Gasteiger partial charge in [-0.15, -0.1) is 0 Å². The van der Waals surface area contributed by atoms with Crippen molar-refractivity contribution in [3.8, 4) is 0 Å². The predicted octanol–water partition coefficient (Wildman–Crippen LogP) is 3.56. The van der Waals surface area contributed by atoms with Crippen LogP contribution in [0, 0.1) is 18.8 Å². The molecule has 0 spiro atoms. The molecule has 0 heterocycles.